The highest BCUT2D eigenvalue weighted by molar-refractivity contribution is 5.51. The molecule has 9 heteroatoms. The minimum absolute atomic E-state index is 0.0298. The molecule has 0 unspecified atom stereocenters. The number of nitrogens with zero attached hydrogens (tertiary/aromatic N) is 4. The first-order valence-electron chi connectivity index (χ1n) is 8.19. The first kappa shape index (κ1) is 18.2. The molecule has 3 rings (SSSR count). The molecule has 9 nitrogen and oxygen atoms in total. The van der Waals surface area contributed by atoms with Crippen molar-refractivity contribution < 1.29 is 19.5 Å². The first-order chi connectivity index (χ1) is 12.4. The number of aryl methyl sites for hydroxylation is 1. The van der Waals surface area contributed by atoms with E-state index in [9.17, 15) is 15.2 Å². The molecular formula is C17H22N4O5. The number of aromatic nitrogens is 2. The maximum atomic E-state index is 11.2. The van der Waals surface area contributed by atoms with Gasteiger partial charge in [0.1, 0.15) is 22.9 Å². The number of ether oxygens (including phenoxy) is 2. The number of methoxy groups -OCH3 is 2. The van der Waals surface area contributed by atoms with Crippen molar-refractivity contribution in [2.24, 2.45) is 0 Å². The average molecular weight is 362 g/mol. The SMILES string of the molecule is COc1ccc(OC)c2c1CN(Cn1nc(C)c([N+](=O)[O-])c1C)C[C@H]2O. The van der Waals surface area contributed by atoms with Gasteiger partial charge in [-0.15, -0.1) is 0 Å². The van der Waals surface area contributed by atoms with Crippen LogP contribution in [0, 0.1) is 24.0 Å². The molecule has 2 heterocycles. The second kappa shape index (κ2) is 6.93. The predicted molar refractivity (Wildman–Crippen MR) is 93.3 cm³/mol. The molecule has 0 aliphatic carbocycles. The second-order valence-electron chi connectivity index (χ2n) is 6.31. The van der Waals surface area contributed by atoms with Crippen LogP contribution in [0.4, 0.5) is 5.69 Å². The van der Waals surface area contributed by atoms with Crippen molar-refractivity contribution in [3.63, 3.8) is 0 Å². The van der Waals surface area contributed by atoms with Gasteiger partial charge in [0.05, 0.1) is 31.9 Å². The Balaban J connectivity index is 1.92. The number of aliphatic hydroxyl groups is 1. The predicted octanol–water partition coefficient (Wildman–Crippen LogP) is 1.93. The van der Waals surface area contributed by atoms with Gasteiger partial charge >= 0.3 is 5.69 Å². The Morgan fingerprint density at radius 3 is 2.54 bits per heavy atom. The van der Waals surface area contributed by atoms with E-state index in [0.717, 1.165) is 11.1 Å². The molecule has 1 aliphatic heterocycles. The summed E-state index contributed by atoms with van der Waals surface area (Å²) in [6.45, 7) is 4.50. The van der Waals surface area contributed by atoms with E-state index in [2.05, 4.69) is 5.10 Å². The van der Waals surface area contributed by atoms with E-state index < -0.39 is 11.0 Å². The Morgan fingerprint density at radius 1 is 1.31 bits per heavy atom. The van der Waals surface area contributed by atoms with Crippen LogP contribution in [0.2, 0.25) is 0 Å². The molecule has 1 aromatic carbocycles. The molecule has 1 aromatic heterocycles. The van der Waals surface area contributed by atoms with Gasteiger partial charge in [0, 0.05) is 24.2 Å². The van der Waals surface area contributed by atoms with Gasteiger partial charge in [-0.2, -0.15) is 5.10 Å². The maximum Gasteiger partial charge on any atom is 0.312 e. The summed E-state index contributed by atoms with van der Waals surface area (Å²) in [5.74, 6) is 1.29. The Hall–Kier alpha value is -2.65. The van der Waals surface area contributed by atoms with Crippen molar-refractivity contribution in [1.82, 2.24) is 14.7 Å². The molecule has 1 aliphatic rings. The van der Waals surface area contributed by atoms with Crippen LogP contribution in [-0.2, 0) is 13.2 Å². The van der Waals surface area contributed by atoms with Crippen LogP contribution in [0.5, 0.6) is 11.5 Å². The lowest BCUT2D eigenvalue weighted by Gasteiger charge is -2.33. The molecular weight excluding hydrogens is 340 g/mol. The lowest BCUT2D eigenvalue weighted by atomic mass is 9.95. The van der Waals surface area contributed by atoms with Crippen molar-refractivity contribution in [2.75, 3.05) is 20.8 Å². The van der Waals surface area contributed by atoms with Crippen LogP contribution in [0.3, 0.4) is 0 Å². The highest BCUT2D eigenvalue weighted by Gasteiger charge is 2.31. The smallest absolute Gasteiger partial charge is 0.312 e. The summed E-state index contributed by atoms with van der Waals surface area (Å²) in [4.78, 5) is 12.7. The quantitative estimate of drug-likeness (QED) is 0.640. The third-order valence-electron chi connectivity index (χ3n) is 4.72. The summed E-state index contributed by atoms with van der Waals surface area (Å²) in [5, 5.41) is 26.1. The maximum absolute atomic E-state index is 11.2. The molecule has 1 atom stereocenters. The van der Waals surface area contributed by atoms with Crippen molar-refractivity contribution in [2.45, 2.75) is 33.2 Å². The van der Waals surface area contributed by atoms with Crippen LogP contribution >= 0.6 is 0 Å². The minimum Gasteiger partial charge on any atom is -0.496 e. The normalized spacial score (nSPS) is 17.0. The number of benzene rings is 1. The molecule has 0 radical (unpaired) electrons. The highest BCUT2D eigenvalue weighted by Crippen LogP contribution is 2.39. The molecule has 0 saturated heterocycles. The van der Waals surface area contributed by atoms with Crippen LogP contribution in [-0.4, -0.2) is 45.5 Å². The van der Waals surface area contributed by atoms with E-state index in [4.69, 9.17) is 9.47 Å². The summed E-state index contributed by atoms with van der Waals surface area (Å²) in [7, 11) is 3.15. The Kier molecular flexibility index (Phi) is 4.84. The number of fused-ring (bicyclic) bond motifs is 1. The molecule has 26 heavy (non-hydrogen) atoms. The fourth-order valence-corrected chi connectivity index (χ4v) is 3.53. The van der Waals surface area contributed by atoms with Gasteiger partial charge in [-0.25, -0.2) is 4.68 Å². The Morgan fingerprint density at radius 2 is 1.96 bits per heavy atom. The van der Waals surface area contributed by atoms with Crippen LogP contribution < -0.4 is 9.47 Å². The van der Waals surface area contributed by atoms with E-state index in [1.807, 2.05) is 11.0 Å². The van der Waals surface area contributed by atoms with Crippen LogP contribution in [0.25, 0.3) is 0 Å². The van der Waals surface area contributed by atoms with E-state index in [1.54, 1.807) is 38.8 Å². The first-order valence-corrected chi connectivity index (χ1v) is 8.19. The fraction of sp³-hybridized carbons (Fsp3) is 0.471. The van der Waals surface area contributed by atoms with Gasteiger partial charge in [0.25, 0.3) is 0 Å². The standard InChI is InChI=1S/C17H22N4O5/c1-10-17(21(23)24)11(2)20(18-10)9-19-7-12-14(25-3)5-6-15(26-4)16(12)13(22)8-19/h5-6,13,22H,7-9H2,1-4H3/t13-/m1/s1. The molecule has 0 saturated carbocycles. The minimum atomic E-state index is -0.754. The summed E-state index contributed by atoms with van der Waals surface area (Å²) in [6, 6.07) is 3.59. The third kappa shape index (κ3) is 2.99. The van der Waals surface area contributed by atoms with Crippen molar-refractivity contribution in [1.29, 1.82) is 0 Å². The second-order valence-corrected chi connectivity index (χ2v) is 6.31. The average Bonchev–Trinajstić information content (AvgIpc) is 2.87. The number of aliphatic hydroxyl groups excluding tert-OH is 1. The third-order valence-corrected chi connectivity index (χ3v) is 4.72. The molecule has 2 aromatic rings. The van der Waals surface area contributed by atoms with Crippen molar-refractivity contribution >= 4 is 5.69 Å². The highest BCUT2D eigenvalue weighted by atomic mass is 16.6. The summed E-state index contributed by atoms with van der Waals surface area (Å²) in [6.07, 6.45) is -0.754. The fourth-order valence-electron chi connectivity index (χ4n) is 3.53. The van der Waals surface area contributed by atoms with Gasteiger partial charge in [-0.1, -0.05) is 0 Å². The van der Waals surface area contributed by atoms with Gasteiger partial charge < -0.3 is 14.6 Å². The van der Waals surface area contributed by atoms with Gasteiger partial charge in [-0.05, 0) is 26.0 Å². The largest absolute Gasteiger partial charge is 0.496 e. The van der Waals surface area contributed by atoms with E-state index in [1.165, 1.54) is 0 Å². The number of hydrogen-bond acceptors (Lipinski definition) is 7. The summed E-state index contributed by atoms with van der Waals surface area (Å²) < 4.78 is 12.4. The number of nitro groups is 1. The molecule has 0 amide bonds. The monoisotopic (exact) mass is 362 g/mol. The van der Waals surface area contributed by atoms with Crippen molar-refractivity contribution in [3.05, 3.63) is 44.8 Å². The number of hydrogen-bond donors (Lipinski definition) is 1. The zero-order chi connectivity index (χ0) is 19.0. The van der Waals surface area contributed by atoms with Crippen molar-refractivity contribution in [3.8, 4) is 11.5 Å². The molecule has 0 fully saturated rings. The molecule has 0 spiro atoms. The van der Waals surface area contributed by atoms with E-state index >= 15 is 0 Å². The number of β-amino-alcohol motifs (C(OH)–C–C–N with tert-alkyl or cyclic N) is 1. The van der Waals surface area contributed by atoms with Gasteiger partial charge in [0.2, 0.25) is 0 Å². The van der Waals surface area contributed by atoms with Crippen LogP contribution in [0.1, 0.15) is 28.6 Å². The molecule has 0 bridgehead atoms. The lowest BCUT2D eigenvalue weighted by molar-refractivity contribution is -0.386. The van der Waals surface area contributed by atoms with E-state index in [-0.39, 0.29) is 5.69 Å². The zero-order valence-corrected chi connectivity index (χ0v) is 15.2. The summed E-state index contributed by atoms with van der Waals surface area (Å²) >= 11 is 0. The molecule has 1 N–H and O–H groups in total. The van der Waals surface area contributed by atoms with E-state index in [0.29, 0.717) is 42.6 Å². The lowest BCUT2D eigenvalue weighted by Crippen LogP contribution is -2.36. The number of rotatable bonds is 5. The van der Waals surface area contributed by atoms with Crippen LogP contribution in [0.15, 0.2) is 12.1 Å². The van der Waals surface area contributed by atoms with Gasteiger partial charge in [-0.3, -0.25) is 15.0 Å². The van der Waals surface area contributed by atoms with Gasteiger partial charge in [0.15, 0.2) is 0 Å². The summed E-state index contributed by atoms with van der Waals surface area (Å²) in [5.41, 5.74) is 2.47. The Bertz CT molecular complexity index is 848. The zero-order valence-electron chi connectivity index (χ0n) is 15.2. The Labute approximate surface area is 150 Å². The topological polar surface area (TPSA) is 103 Å². The molecule has 140 valence electrons.